The maximum absolute atomic E-state index is 13.5. The van der Waals surface area contributed by atoms with Crippen molar-refractivity contribution >= 4 is 40.1 Å². The average molecular weight is 487 g/mol. The van der Waals surface area contributed by atoms with Crippen molar-refractivity contribution in [2.45, 2.75) is 33.2 Å². The Balaban J connectivity index is 1.65. The van der Waals surface area contributed by atoms with E-state index >= 15 is 0 Å². The molecule has 1 atom stereocenters. The third-order valence-electron chi connectivity index (χ3n) is 7.01. The molecule has 5 rings (SSSR count). The van der Waals surface area contributed by atoms with E-state index in [1.165, 1.54) is 24.3 Å². The molecule has 0 spiro atoms. The molecule has 3 aromatic rings. The van der Waals surface area contributed by atoms with Gasteiger partial charge in [-0.2, -0.15) is 0 Å². The number of benzene rings is 3. The molecular formula is C28H26N2O6. The van der Waals surface area contributed by atoms with Crippen LogP contribution in [0.2, 0.25) is 0 Å². The van der Waals surface area contributed by atoms with Gasteiger partial charge in [0.25, 0.3) is 23.6 Å². The van der Waals surface area contributed by atoms with E-state index < -0.39 is 41.7 Å². The van der Waals surface area contributed by atoms with E-state index in [1.54, 1.807) is 24.3 Å². The van der Waals surface area contributed by atoms with E-state index in [-0.39, 0.29) is 28.9 Å². The molecule has 0 radical (unpaired) electrons. The Hall–Kier alpha value is -3.88. The molecule has 0 fully saturated rings. The number of rotatable bonds is 5. The van der Waals surface area contributed by atoms with E-state index in [2.05, 4.69) is 0 Å². The number of hydrogen-bond acceptors (Lipinski definition) is 6. The Morgan fingerprint density at radius 1 is 0.694 bits per heavy atom. The molecule has 8 nitrogen and oxygen atoms in total. The summed E-state index contributed by atoms with van der Waals surface area (Å²) in [6, 6.07) is 12.1. The van der Waals surface area contributed by atoms with Crippen molar-refractivity contribution < 1.29 is 29.4 Å². The molecule has 36 heavy (non-hydrogen) atoms. The van der Waals surface area contributed by atoms with Crippen LogP contribution in [0.5, 0.6) is 0 Å². The van der Waals surface area contributed by atoms with Crippen molar-refractivity contribution in [1.29, 1.82) is 0 Å². The number of aliphatic hydroxyl groups is 2. The van der Waals surface area contributed by atoms with Crippen molar-refractivity contribution in [3.63, 3.8) is 0 Å². The number of aliphatic hydroxyl groups excluding tert-OH is 2. The predicted molar refractivity (Wildman–Crippen MR) is 133 cm³/mol. The molecule has 0 saturated heterocycles. The van der Waals surface area contributed by atoms with E-state index in [1.807, 2.05) is 20.8 Å². The van der Waals surface area contributed by atoms with E-state index in [4.69, 9.17) is 5.11 Å². The van der Waals surface area contributed by atoms with Crippen LogP contribution in [-0.4, -0.2) is 58.0 Å². The van der Waals surface area contributed by atoms with Gasteiger partial charge in [-0.25, -0.2) is 4.90 Å². The van der Waals surface area contributed by atoms with Gasteiger partial charge in [-0.05, 0) is 53.8 Å². The minimum absolute atomic E-state index is 0.00929. The van der Waals surface area contributed by atoms with Crippen LogP contribution in [0.25, 0.3) is 10.8 Å². The quantitative estimate of drug-likeness (QED) is 0.536. The van der Waals surface area contributed by atoms with Crippen LogP contribution in [0.3, 0.4) is 0 Å². The molecule has 2 aliphatic heterocycles. The first-order chi connectivity index (χ1) is 17.1. The summed E-state index contributed by atoms with van der Waals surface area (Å²) in [7, 11) is 0. The molecule has 4 amide bonds. The highest BCUT2D eigenvalue weighted by atomic mass is 16.3. The maximum Gasteiger partial charge on any atom is 0.265 e. The highest BCUT2D eigenvalue weighted by molar-refractivity contribution is 6.39. The first-order valence-electron chi connectivity index (χ1n) is 11.8. The van der Waals surface area contributed by atoms with Gasteiger partial charge in [-0.3, -0.25) is 24.1 Å². The van der Waals surface area contributed by atoms with Crippen LogP contribution in [0.15, 0.2) is 48.5 Å². The number of anilines is 1. The van der Waals surface area contributed by atoms with E-state index in [0.717, 1.165) is 15.4 Å². The normalized spacial score (nSPS) is 16.2. The van der Waals surface area contributed by atoms with Crippen LogP contribution in [-0.2, 0) is 6.42 Å². The van der Waals surface area contributed by atoms with Gasteiger partial charge < -0.3 is 10.2 Å². The number of carbonyl (C=O) groups is 4. The second kappa shape index (κ2) is 8.36. The molecule has 2 heterocycles. The summed E-state index contributed by atoms with van der Waals surface area (Å²) in [5.74, 6) is -2.22. The summed E-state index contributed by atoms with van der Waals surface area (Å²) in [5, 5.41) is 19.8. The van der Waals surface area contributed by atoms with Gasteiger partial charge in [0.05, 0.1) is 18.3 Å². The monoisotopic (exact) mass is 486 g/mol. The minimum Gasteiger partial charge on any atom is -0.396 e. The zero-order valence-electron chi connectivity index (χ0n) is 20.2. The van der Waals surface area contributed by atoms with E-state index in [0.29, 0.717) is 22.9 Å². The van der Waals surface area contributed by atoms with Crippen molar-refractivity contribution in [3.05, 3.63) is 76.3 Å². The molecule has 0 aromatic heterocycles. The van der Waals surface area contributed by atoms with Crippen molar-refractivity contribution in [2.24, 2.45) is 5.41 Å². The highest BCUT2D eigenvalue weighted by Crippen LogP contribution is 2.40. The predicted octanol–water partition coefficient (Wildman–Crippen LogP) is 3.18. The molecule has 0 saturated carbocycles. The largest absolute Gasteiger partial charge is 0.396 e. The molecule has 3 aromatic carbocycles. The van der Waals surface area contributed by atoms with Crippen LogP contribution >= 0.6 is 0 Å². The number of nitrogens with zero attached hydrogens (tertiary/aromatic N) is 2. The van der Waals surface area contributed by atoms with Crippen molar-refractivity contribution in [1.82, 2.24) is 4.90 Å². The number of carbonyl (C=O) groups excluding carboxylic acids is 4. The summed E-state index contributed by atoms with van der Waals surface area (Å²) < 4.78 is 0. The molecule has 2 aliphatic rings. The fourth-order valence-electron chi connectivity index (χ4n) is 5.09. The smallest absolute Gasteiger partial charge is 0.265 e. The Labute approximate surface area is 207 Å². The number of amides is 4. The molecule has 0 aliphatic carbocycles. The van der Waals surface area contributed by atoms with Gasteiger partial charge in [0.15, 0.2) is 0 Å². The topological polar surface area (TPSA) is 115 Å². The molecule has 2 N–H and O–H groups in total. The van der Waals surface area contributed by atoms with Gasteiger partial charge >= 0.3 is 0 Å². The fraction of sp³-hybridized carbons (Fsp3) is 0.286. The lowest BCUT2D eigenvalue weighted by Gasteiger charge is -2.40. The molecule has 8 heteroatoms. The third kappa shape index (κ3) is 3.37. The minimum atomic E-state index is -0.750. The van der Waals surface area contributed by atoms with Gasteiger partial charge in [0.2, 0.25) is 0 Å². The zero-order valence-corrected chi connectivity index (χ0v) is 20.2. The Bertz CT molecular complexity index is 1380. The summed E-state index contributed by atoms with van der Waals surface area (Å²) in [6.45, 7) is 5.12. The lowest BCUT2D eigenvalue weighted by atomic mass is 9.82. The van der Waals surface area contributed by atoms with Gasteiger partial charge in [-0.15, -0.1) is 0 Å². The van der Waals surface area contributed by atoms with Crippen molar-refractivity contribution in [2.75, 3.05) is 18.1 Å². The first-order valence-corrected chi connectivity index (χ1v) is 11.8. The molecule has 1 unspecified atom stereocenters. The van der Waals surface area contributed by atoms with E-state index in [9.17, 15) is 24.3 Å². The first kappa shape index (κ1) is 23.8. The summed E-state index contributed by atoms with van der Waals surface area (Å²) >= 11 is 0. The third-order valence-corrected chi connectivity index (χ3v) is 7.01. The van der Waals surface area contributed by atoms with Crippen LogP contribution in [0.4, 0.5) is 5.69 Å². The maximum atomic E-state index is 13.5. The lowest BCUT2D eigenvalue weighted by molar-refractivity contribution is 0.0281. The van der Waals surface area contributed by atoms with Crippen LogP contribution in [0.1, 0.15) is 67.8 Å². The zero-order chi connectivity index (χ0) is 25.9. The summed E-state index contributed by atoms with van der Waals surface area (Å²) in [6.07, 6.45) is 0.460. The van der Waals surface area contributed by atoms with Crippen LogP contribution in [0, 0.1) is 5.41 Å². The molecule has 0 bridgehead atoms. The fourth-order valence-corrected chi connectivity index (χ4v) is 5.09. The lowest BCUT2D eigenvalue weighted by Crippen LogP contribution is -2.54. The second-order valence-corrected chi connectivity index (χ2v) is 10.2. The Morgan fingerprint density at radius 3 is 1.53 bits per heavy atom. The molecule has 184 valence electrons. The SMILES string of the molecule is CC(C)(C)C(CO)N1C(=O)c2ccc3c4c(ccc(c24)C1=O)C(=O)N(c1ccc(CCO)cc1)C3=O. The second-order valence-electron chi connectivity index (χ2n) is 10.2. The number of hydrogen-bond donors (Lipinski definition) is 2. The van der Waals surface area contributed by atoms with Gasteiger partial charge in [0.1, 0.15) is 0 Å². The Kier molecular flexibility index (Phi) is 5.54. The van der Waals surface area contributed by atoms with Gasteiger partial charge in [0, 0.05) is 39.6 Å². The summed E-state index contributed by atoms with van der Waals surface area (Å²) in [5.41, 5.74) is 1.59. The van der Waals surface area contributed by atoms with Crippen molar-refractivity contribution in [3.8, 4) is 0 Å². The van der Waals surface area contributed by atoms with Gasteiger partial charge in [-0.1, -0.05) is 32.9 Å². The number of imide groups is 2. The highest BCUT2D eigenvalue weighted by Gasteiger charge is 2.44. The van der Waals surface area contributed by atoms with Crippen LogP contribution < -0.4 is 4.90 Å². The average Bonchev–Trinajstić information content (AvgIpc) is 2.84. The summed E-state index contributed by atoms with van der Waals surface area (Å²) in [4.78, 5) is 56.3. The molecular weight excluding hydrogens is 460 g/mol. The standard InChI is InChI=1S/C28H26N2O6/c1-28(2,3)21(14-32)30-26(35)19-10-8-17-22-18(9-11-20(23(19)22)27(30)36)25(34)29(24(17)33)16-6-4-15(5-7-16)12-13-31/h4-11,21,31-32H,12-14H2,1-3H3. The Morgan fingerprint density at radius 2 is 1.14 bits per heavy atom.